The normalized spacial score (nSPS) is 12.9. The van der Waals surface area contributed by atoms with Crippen molar-refractivity contribution in [2.45, 2.75) is 38.8 Å². The van der Waals surface area contributed by atoms with Crippen molar-refractivity contribution in [3.8, 4) is 5.75 Å². The van der Waals surface area contributed by atoms with Gasteiger partial charge in [0.05, 0.1) is 19.8 Å². The summed E-state index contributed by atoms with van der Waals surface area (Å²) in [5.41, 5.74) is 1.40. The minimum Gasteiger partial charge on any atom is -0.497 e. The highest BCUT2D eigenvalue weighted by atomic mass is 16.6. The fraction of sp³-hybridized carbons (Fsp3) is 0.471. The van der Waals surface area contributed by atoms with Crippen LogP contribution in [0.3, 0.4) is 0 Å². The maximum atomic E-state index is 11.8. The Labute approximate surface area is 135 Å². The highest BCUT2D eigenvalue weighted by Gasteiger charge is 2.20. The number of ether oxygens (including phenoxy) is 2. The van der Waals surface area contributed by atoms with Gasteiger partial charge in [0.2, 0.25) is 0 Å². The molecule has 2 aromatic rings. The smallest absolute Gasteiger partial charge is 0.407 e. The minimum absolute atomic E-state index is 0.171. The summed E-state index contributed by atoms with van der Waals surface area (Å²) in [5, 5.41) is 13.2. The topological polar surface area (TPSA) is 83.6 Å². The minimum atomic E-state index is -0.571. The van der Waals surface area contributed by atoms with Crippen LogP contribution in [0.1, 0.15) is 26.3 Å². The lowest BCUT2D eigenvalue weighted by Gasteiger charge is -2.22. The van der Waals surface area contributed by atoms with Gasteiger partial charge in [0.15, 0.2) is 0 Å². The number of hydrogen-bond donors (Lipinski definition) is 3. The van der Waals surface area contributed by atoms with Crippen LogP contribution in [0.25, 0.3) is 10.9 Å². The molecule has 0 fully saturated rings. The third kappa shape index (κ3) is 4.63. The predicted octanol–water partition coefficient (Wildman–Crippen LogP) is 2.60. The lowest BCUT2D eigenvalue weighted by Crippen LogP contribution is -2.42. The monoisotopic (exact) mass is 320 g/mol. The molecule has 1 amide bonds. The molecular formula is C17H24N2O4. The second kappa shape index (κ2) is 6.91. The Morgan fingerprint density at radius 3 is 2.74 bits per heavy atom. The third-order valence-electron chi connectivity index (χ3n) is 3.38. The summed E-state index contributed by atoms with van der Waals surface area (Å²) >= 11 is 0. The van der Waals surface area contributed by atoms with Gasteiger partial charge in [-0.3, -0.25) is 0 Å². The van der Waals surface area contributed by atoms with E-state index in [1.165, 1.54) is 0 Å². The molecule has 0 saturated carbocycles. The van der Waals surface area contributed by atoms with Gasteiger partial charge in [0.25, 0.3) is 0 Å². The zero-order valence-corrected chi connectivity index (χ0v) is 14.0. The summed E-state index contributed by atoms with van der Waals surface area (Å²) < 4.78 is 10.5. The van der Waals surface area contributed by atoms with Crippen LogP contribution in [-0.4, -0.2) is 41.5 Å². The van der Waals surface area contributed by atoms with Gasteiger partial charge in [0.1, 0.15) is 11.4 Å². The number of carbonyl (C=O) groups excluding carboxylic acids is 1. The maximum Gasteiger partial charge on any atom is 0.407 e. The van der Waals surface area contributed by atoms with Crippen LogP contribution in [0, 0.1) is 0 Å². The summed E-state index contributed by atoms with van der Waals surface area (Å²) in [7, 11) is 1.62. The number of methoxy groups -OCH3 is 1. The van der Waals surface area contributed by atoms with Crippen LogP contribution >= 0.6 is 0 Å². The summed E-state index contributed by atoms with van der Waals surface area (Å²) in [5.74, 6) is 0.763. The van der Waals surface area contributed by atoms with Crippen LogP contribution < -0.4 is 10.1 Å². The Bertz CT molecular complexity index is 673. The first-order valence-electron chi connectivity index (χ1n) is 7.57. The van der Waals surface area contributed by atoms with Gasteiger partial charge in [-0.2, -0.15) is 0 Å². The Morgan fingerprint density at radius 1 is 1.39 bits per heavy atom. The van der Waals surface area contributed by atoms with Gasteiger partial charge in [-0.25, -0.2) is 4.79 Å². The number of aromatic nitrogens is 1. The lowest BCUT2D eigenvalue weighted by molar-refractivity contribution is 0.0483. The molecule has 0 spiro atoms. The van der Waals surface area contributed by atoms with E-state index in [9.17, 15) is 9.90 Å². The number of amides is 1. The number of rotatable bonds is 5. The molecule has 6 nitrogen and oxygen atoms in total. The average Bonchev–Trinajstić information content (AvgIpc) is 2.86. The van der Waals surface area contributed by atoms with E-state index >= 15 is 0 Å². The van der Waals surface area contributed by atoms with Crippen LogP contribution in [0.4, 0.5) is 4.79 Å². The molecule has 6 heteroatoms. The van der Waals surface area contributed by atoms with E-state index < -0.39 is 17.7 Å². The molecule has 1 heterocycles. The van der Waals surface area contributed by atoms with Crippen LogP contribution in [0.5, 0.6) is 5.75 Å². The first-order valence-corrected chi connectivity index (χ1v) is 7.57. The Kier molecular flexibility index (Phi) is 5.15. The second-order valence-electron chi connectivity index (χ2n) is 6.46. The van der Waals surface area contributed by atoms with Crippen molar-refractivity contribution in [3.05, 3.63) is 30.0 Å². The van der Waals surface area contributed by atoms with E-state index in [1.54, 1.807) is 27.9 Å². The molecular weight excluding hydrogens is 296 g/mol. The van der Waals surface area contributed by atoms with Crippen LogP contribution in [0.15, 0.2) is 24.4 Å². The molecule has 0 aliphatic heterocycles. The van der Waals surface area contributed by atoms with Crippen molar-refractivity contribution >= 4 is 17.0 Å². The molecule has 0 saturated heterocycles. The predicted molar refractivity (Wildman–Crippen MR) is 88.8 cm³/mol. The van der Waals surface area contributed by atoms with Crippen molar-refractivity contribution < 1.29 is 19.4 Å². The Balaban J connectivity index is 2.11. The van der Waals surface area contributed by atoms with Gasteiger partial charge in [-0.05, 0) is 51.0 Å². The second-order valence-corrected chi connectivity index (χ2v) is 6.46. The first-order chi connectivity index (χ1) is 10.8. The fourth-order valence-electron chi connectivity index (χ4n) is 2.35. The lowest BCUT2D eigenvalue weighted by atomic mass is 10.1. The molecule has 0 aliphatic carbocycles. The van der Waals surface area contributed by atoms with E-state index in [0.29, 0.717) is 6.42 Å². The van der Waals surface area contributed by atoms with Crippen molar-refractivity contribution in [2.24, 2.45) is 0 Å². The third-order valence-corrected chi connectivity index (χ3v) is 3.38. The molecule has 2 rings (SSSR count). The number of fused-ring (bicyclic) bond motifs is 1. The molecule has 0 aliphatic rings. The van der Waals surface area contributed by atoms with Crippen molar-refractivity contribution in [1.82, 2.24) is 10.3 Å². The molecule has 0 bridgehead atoms. The highest BCUT2D eigenvalue weighted by molar-refractivity contribution is 5.84. The number of alkyl carbamates (subject to hydrolysis) is 1. The Morgan fingerprint density at radius 2 is 2.13 bits per heavy atom. The zero-order chi connectivity index (χ0) is 17.0. The largest absolute Gasteiger partial charge is 0.497 e. The van der Waals surface area contributed by atoms with Gasteiger partial charge >= 0.3 is 6.09 Å². The number of aliphatic hydroxyl groups excluding tert-OH is 1. The van der Waals surface area contributed by atoms with Crippen molar-refractivity contribution in [3.63, 3.8) is 0 Å². The van der Waals surface area contributed by atoms with E-state index in [4.69, 9.17) is 9.47 Å². The summed E-state index contributed by atoms with van der Waals surface area (Å²) in [6.45, 7) is 5.22. The van der Waals surface area contributed by atoms with Crippen LogP contribution in [-0.2, 0) is 11.2 Å². The van der Waals surface area contributed by atoms with Gasteiger partial charge < -0.3 is 24.9 Å². The number of benzene rings is 1. The number of nitrogens with one attached hydrogen (secondary N) is 2. The Hall–Kier alpha value is -2.21. The fourth-order valence-corrected chi connectivity index (χ4v) is 2.35. The molecule has 1 atom stereocenters. The number of aliphatic hydroxyl groups is 1. The number of hydrogen-bond acceptors (Lipinski definition) is 4. The van der Waals surface area contributed by atoms with E-state index in [0.717, 1.165) is 22.2 Å². The first kappa shape index (κ1) is 17.1. The number of aromatic amines is 1. The summed E-state index contributed by atoms with van der Waals surface area (Å²) in [6, 6.07) is 5.33. The molecule has 0 radical (unpaired) electrons. The highest BCUT2D eigenvalue weighted by Crippen LogP contribution is 2.24. The summed E-state index contributed by atoms with van der Waals surface area (Å²) in [6.07, 6.45) is 1.83. The van der Waals surface area contributed by atoms with E-state index in [1.807, 2.05) is 24.4 Å². The van der Waals surface area contributed by atoms with Crippen LogP contribution in [0.2, 0.25) is 0 Å². The number of H-pyrrole nitrogens is 1. The molecule has 0 unspecified atom stereocenters. The van der Waals surface area contributed by atoms with Crippen molar-refractivity contribution in [2.75, 3.05) is 13.7 Å². The quantitative estimate of drug-likeness (QED) is 0.791. The van der Waals surface area contributed by atoms with Gasteiger partial charge in [-0.15, -0.1) is 0 Å². The van der Waals surface area contributed by atoms with Gasteiger partial charge in [0, 0.05) is 17.1 Å². The van der Waals surface area contributed by atoms with E-state index in [-0.39, 0.29) is 6.61 Å². The molecule has 23 heavy (non-hydrogen) atoms. The van der Waals surface area contributed by atoms with E-state index in [2.05, 4.69) is 10.3 Å². The molecule has 1 aromatic carbocycles. The SMILES string of the molecule is COc1ccc2[nH]cc(C[C@H](CO)NC(=O)OC(C)(C)C)c2c1. The summed E-state index contributed by atoms with van der Waals surface area (Å²) in [4.78, 5) is 15.0. The average molecular weight is 320 g/mol. The maximum absolute atomic E-state index is 11.8. The molecule has 3 N–H and O–H groups in total. The standard InChI is InChI=1S/C17H24N2O4/c1-17(2,3)23-16(21)19-12(10-20)7-11-9-18-15-6-5-13(22-4)8-14(11)15/h5-6,8-9,12,18,20H,7,10H2,1-4H3,(H,19,21)/t12-/m1/s1. The molecule has 1 aromatic heterocycles. The van der Waals surface area contributed by atoms with Crippen molar-refractivity contribution in [1.29, 1.82) is 0 Å². The van der Waals surface area contributed by atoms with Gasteiger partial charge in [-0.1, -0.05) is 0 Å². The zero-order valence-electron chi connectivity index (χ0n) is 14.0. The molecule has 126 valence electrons. The number of carbonyl (C=O) groups is 1.